The molecule has 8 heteroatoms. The highest BCUT2D eigenvalue weighted by atomic mass is 32.2. The Morgan fingerprint density at radius 1 is 1.24 bits per heavy atom. The summed E-state index contributed by atoms with van der Waals surface area (Å²) in [6.07, 6.45) is 2.96. The molecule has 1 saturated carbocycles. The summed E-state index contributed by atoms with van der Waals surface area (Å²) in [5.74, 6) is 1.23. The van der Waals surface area contributed by atoms with Crippen molar-refractivity contribution in [2.24, 2.45) is 10.9 Å². The first-order valence-electron chi connectivity index (χ1n) is 10.4. The van der Waals surface area contributed by atoms with E-state index in [1.807, 2.05) is 44.2 Å². The van der Waals surface area contributed by atoms with Crippen LogP contribution in [0.25, 0.3) is 0 Å². The van der Waals surface area contributed by atoms with Crippen molar-refractivity contribution in [2.45, 2.75) is 70.8 Å². The molecule has 2 amide bonds. The van der Waals surface area contributed by atoms with Crippen LogP contribution < -0.4 is 16.0 Å². The van der Waals surface area contributed by atoms with Crippen molar-refractivity contribution < 1.29 is 14.6 Å². The summed E-state index contributed by atoms with van der Waals surface area (Å²) in [6, 6.07) is 9.94. The van der Waals surface area contributed by atoms with E-state index < -0.39 is 6.41 Å². The van der Waals surface area contributed by atoms with Gasteiger partial charge in [-0.25, -0.2) is 4.79 Å². The summed E-state index contributed by atoms with van der Waals surface area (Å²) in [5, 5.41) is 20.0. The first kappa shape index (κ1) is 22.1. The van der Waals surface area contributed by atoms with Crippen molar-refractivity contribution in [1.82, 2.24) is 16.0 Å². The summed E-state index contributed by atoms with van der Waals surface area (Å²) < 4.78 is 5.35. The van der Waals surface area contributed by atoms with Crippen LogP contribution in [0.3, 0.4) is 0 Å². The number of hydrogen-bond acceptors (Lipinski definition) is 6. The molecule has 0 spiro atoms. The molecule has 160 valence electrons. The van der Waals surface area contributed by atoms with Gasteiger partial charge in [0.1, 0.15) is 6.17 Å². The zero-order chi connectivity index (χ0) is 20.6. The number of carbonyl (C=O) groups excluding carboxylic acids is 1. The number of urea groups is 1. The average molecular weight is 421 g/mol. The minimum Gasteiger partial charge on any atom is -0.356 e. The molecule has 0 bridgehead atoms. The number of benzene rings is 1. The molecule has 0 radical (unpaired) electrons. The van der Waals surface area contributed by atoms with Crippen molar-refractivity contribution in [1.29, 1.82) is 0 Å². The fourth-order valence-electron chi connectivity index (χ4n) is 3.68. The fourth-order valence-corrected chi connectivity index (χ4v) is 4.84. The van der Waals surface area contributed by atoms with Crippen LogP contribution in [-0.4, -0.2) is 46.7 Å². The van der Waals surface area contributed by atoms with Gasteiger partial charge >= 0.3 is 6.03 Å². The third-order valence-corrected chi connectivity index (χ3v) is 6.34. The summed E-state index contributed by atoms with van der Waals surface area (Å²) in [6.45, 7) is 4.32. The zero-order valence-corrected chi connectivity index (χ0v) is 18.0. The maximum absolute atomic E-state index is 12.1. The van der Waals surface area contributed by atoms with E-state index in [9.17, 15) is 9.90 Å². The Kier molecular flexibility index (Phi) is 8.35. The Bertz CT molecular complexity index is 678. The molecule has 1 aliphatic heterocycles. The quantitative estimate of drug-likeness (QED) is 0.485. The van der Waals surface area contributed by atoms with Gasteiger partial charge in [0.2, 0.25) is 6.41 Å². The molecule has 1 heterocycles. The monoisotopic (exact) mass is 420 g/mol. The molecule has 4 N–H and O–H groups in total. The molecule has 2 aliphatic rings. The average Bonchev–Trinajstić information content (AvgIpc) is 3.15. The third kappa shape index (κ3) is 7.29. The first-order valence-corrected chi connectivity index (χ1v) is 11.4. The SMILES string of the molecule is CC(C)OC(O)NC1CCC(C2=NC(NC(=O)NCc3ccccc3)CS2)CC1. The van der Waals surface area contributed by atoms with E-state index in [1.165, 1.54) is 0 Å². The lowest BCUT2D eigenvalue weighted by Gasteiger charge is -2.30. The first-order chi connectivity index (χ1) is 14.0. The van der Waals surface area contributed by atoms with Gasteiger partial charge in [0, 0.05) is 24.3 Å². The summed E-state index contributed by atoms with van der Waals surface area (Å²) in [7, 11) is 0. The standard InChI is InChI=1S/C21H32N4O3S/c1-14(2)28-21(27)23-17-10-8-16(9-11-17)19-24-18(13-29-19)25-20(26)22-12-15-6-4-3-5-7-15/h3-7,14,16-18,21,23,27H,8-13H2,1-2H3,(H2,22,25,26). The summed E-state index contributed by atoms with van der Waals surface area (Å²) in [5.41, 5.74) is 1.07. The molecule has 1 aromatic carbocycles. The lowest BCUT2D eigenvalue weighted by molar-refractivity contribution is -0.150. The van der Waals surface area contributed by atoms with Crippen LogP contribution in [0.5, 0.6) is 0 Å². The van der Waals surface area contributed by atoms with E-state index >= 15 is 0 Å². The Morgan fingerprint density at radius 2 is 1.97 bits per heavy atom. The van der Waals surface area contributed by atoms with Gasteiger partial charge in [-0.2, -0.15) is 0 Å². The molecular weight excluding hydrogens is 388 g/mol. The van der Waals surface area contributed by atoms with Crippen molar-refractivity contribution in [2.75, 3.05) is 5.75 Å². The summed E-state index contributed by atoms with van der Waals surface area (Å²) >= 11 is 1.75. The van der Waals surface area contributed by atoms with Gasteiger partial charge in [0.05, 0.1) is 11.1 Å². The van der Waals surface area contributed by atoms with Crippen molar-refractivity contribution >= 4 is 22.8 Å². The van der Waals surface area contributed by atoms with Crippen LogP contribution >= 0.6 is 11.8 Å². The van der Waals surface area contributed by atoms with Crippen LogP contribution in [0.1, 0.15) is 45.1 Å². The van der Waals surface area contributed by atoms with Gasteiger partial charge in [-0.15, -0.1) is 11.8 Å². The number of carbonyl (C=O) groups is 1. The molecule has 1 fully saturated rings. The smallest absolute Gasteiger partial charge is 0.316 e. The Morgan fingerprint density at radius 3 is 2.66 bits per heavy atom. The number of thioether (sulfide) groups is 1. The number of hydrogen-bond donors (Lipinski definition) is 4. The third-order valence-electron chi connectivity index (χ3n) is 5.12. The Hall–Kier alpha value is -1.61. The van der Waals surface area contributed by atoms with Crippen molar-refractivity contribution in [3.05, 3.63) is 35.9 Å². The number of aliphatic imine (C=N–C) groups is 1. The highest BCUT2D eigenvalue weighted by molar-refractivity contribution is 8.14. The van der Waals surface area contributed by atoms with Crippen LogP contribution in [0.2, 0.25) is 0 Å². The van der Waals surface area contributed by atoms with Crippen LogP contribution in [-0.2, 0) is 11.3 Å². The van der Waals surface area contributed by atoms with Gasteiger partial charge in [0.25, 0.3) is 0 Å². The predicted octanol–water partition coefficient (Wildman–Crippen LogP) is 2.81. The normalized spacial score (nSPS) is 25.5. The zero-order valence-electron chi connectivity index (χ0n) is 17.1. The van der Waals surface area contributed by atoms with Crippen molar-refractivity contribution in [3.63, 3.8) is 0 Å². The molecule has 1 aliphatic carbocycles. The maximum Gasteiger partial charge on any atom is 0.316 e. The molecule has 29 heavy (non-hydrogen) atoms. The van der Waals surface area contributed by atoms with Crippen LogP contribution in [0, 0.1) is 5.92 Å². The van der Waals surface area contributed by atoms with Crippen LogP contribution in [0.15, 0.2) is 35.3 Å². The number of aliphatic hydroxyl groups is 1. The van der Waals surface area contributed by atoms with Gasteiger partial charge in [-0.1, -0.05) is 30.3 Å². The maximum atomic E-state index is 12.1. The Balaban J connectivity index is 1.38. The van der Waals surface area contributed by atoms with E-state index in [0.29, 0.717) is 12.5 Å². The molecule has 2 atom stereocenters. The molecule has 2 unspecified atom stereocenters. The largest absolute Gasteiger partial charge is 0.356 e. The number of rotatable bonds is 8. The number of nitrogens with zero attached hydrogens (tertiary/aromatic N) is 1. The van der Waals surface area contributed by atoms with E-state index in [1.54, 1.807) is 11.8 Å². The highest BCUT2D eigenvalue weighted by Crippen LogP contribution is 2.32. The number of ether oxygens (including phenoxy) is 1. The van der Waals surface area contributed by atoms with E-state index in [2.05, 4.69) is 16.0 Å². The molecule has 1 aromatic rings. The molecule has 0 aromatic heterocycles. The second kappa shape index (κ2) is 11.0. The second-order valence-electron chi connectivity index (χ2n) is 7.86. The van der Waals surface area contributed by atoms with Gasteiger partial charge in [0.15, 0.2) is 0 Å². The van der Waals surface area contributed by atoms with E-state index in [0.717, 1.165) is 42.0 Å². The lowest BCUT2D eigenvalue weighted by atomic mass is 9.86. The number of aliphatic hydroxyl groups excluding tert-OH is 1. The lowest BCUT2D eigenvalue weighted by Crippen LogP contribution is -2.43. The van der Waals surface area contributed by atoms with Crippen molar-refractivity contribution in [3.8, 4) is 0 Å². The molecular formula is C21H32N4O3S. The topological polar surface area (TPSA) is 95.0 Å². The Labute approximate surface area is 177 Å². The predicted molar refractivity (Wildman–Crippen MR) is 117 cm³/mol. The minimum atomic E-state index is -0.905. The number of nitrogens with one attached hydrogen (secondary N) is 3. The molecule has 7 nitrogen and oxygen atoms in total. The van der Waals surface area contributed by atoms with E-state index in [-0.39, 0.29) is 24.3 Å². The van der Waals surface area contributed by atoms with Gasteiger partial charge in [-0.3, -0.25) is 10.3 Å². The molecule has 0 saturated heterocycles. The van der Waals surface area contributed by atoms with Gasteiger partial charge < -0.3 is 20.5 Å². The highest BCUT2D eigenvalue weighted by Gasteiger charge is 2.30. The molecule has 3 rings (SSSR count). The van der Waals surface area contributed by atoms with Gasteiger partial charge in [-0.05, 0) is 45.1 Å². The number of amides is 2. The second-order valence-corrected chi connectivity index (χ2v) is 8.90. The fraction of sp³-hybridized carbons (Fsp3) is 0.619. The summed E-state index contributed by atoms with van der Waals surface area (Å²) in [4.78, 5) is 16.9. The van der Waals surface area contributed by atoms with Crippen LogP contribution in [0.4, 0.5) is 4.79 Å². The minimum absolute atomic E-state index is 0.00703. The van der Waals surface area contributed by atoms with E-state index in [4.69, 9.17) is 9.73 Å².